The fourth-order valence-corrected chi connectivity index (χ4v) is 6.99. The lowest BCUT2D eigenvalue weighted by Gasteiger charge is -2.47. The zero-order chi connectivity index (χ0) is 28.1. The van der Waals surface area contributed by atoms with Gasteiger partial charge in [0, 0.05) is 26.2 Å². The van der Waals surface area contributed by atoms with Crippen molar-refractivity contribution in [1.29, 1.82) is 0 Å². The first-order valence-corrected chi connectivity index (χ1v) is 14.1. The predicted molar refractivity (Wildman–Crippen MR) is 151 cm³/mol. The minimum absolute atomic E-state index is 0.0303. The standard InChI is InChI=1S/C33H35N3O4/c1-23(2)28(30(38)39)35-19-18-32(31(35)40)21-34(22-32)29(37)27-20-36(27)33(24-12-6-3-7-13-24,25-14-8-4-9-15-25)26-16-10-5-11-17-26/h3-17,23,27-28H,18-22H2,1-2H3,(H,38,39). The van der Waals surface area contributed by atoms with E-state index >= 15 is 0 Å². The molecule has 0 bridgehead atoms. The van der Waals surface area contributed by atoms with E-state index in [1.807, 2.05) is 68.4 Å². The summed E-state index contributed by atoms with van der Waals surface area (Å²) in [7, 11) is 0. The van der Waals surface area contributed by atoms with E-state index in [4.69, 9.17) is 0 Å². The minimum Gasteiger partial charge on any atom is -0.480 e. The first-order chi connectivity index (χ1) is 19.3. The first-order valence-electron chi connectivity index (χ1n) is 14.1. The van der Waals surface area contributed by atoms with Crippen molar-refractivity contribution in [3.05, 3.63) is 108 Å². The maximum absolute atomic E-state index is 13.9. The third-order valence-corrected chi connectivity index (χ3v) is 8.97. The van der Waals surface area contributed by atoms with Crippen LogP contribution in [0, 0.1) is 11.3 Å². The molecule has 3 unspecified atom stereocenters. The fraction of sp³-hybridized carbons (Fsp3) is 0.364. The number of carboxylic acid groups (broad SMARTS) is 1. The van der Waals surface area contributed by atoms with Crippen molar-refractivity contribution in [2.75, 3.05) is 26.2 Å². The molecule has 40 heavy (non-hydrogen) atoms. The largest absolute Gasteiger partial charge is 0.480 e. The van der Waals surface area contributed by atoms with Crippen LogP contribution in [-0.2, 0) is 19.9 Å². The molecule has 0 radical (unpaired) electrons. The van der Waals surface area contributed by atoms with Crippen molar-refractivity contribution < 1.29 is 19.5 Å². The van der Waals surface area contributed by atoms with Crippen LogP contribution < -0.4 is 0 Å². The summed E-state index contributed by atoms with van der Waals surface area (Å²) in [5, 5.41) is 9.73. The second kappa shape index (κ2) is 9.89. The molecule has 0 aromatic heterocycles. The molecule has 3 saturated heterocycles. The van der Waals surface area contributed by atoms with E-state index in [2.05, 4.69) is 41.3 Å². The number of amides is 2. The van der Waals surface area contributed by atoms with Gasteiger partial charge in [-0.05, 0) is 29.0 Å². The van der Waals surface area contributed by atoms with Crippen LogP contribution in [0.4, 0.5) is 0 Å². The third kappa shape index (κ3) is 4.03. The van der Waals surface area contributed by atoms with Crippen LogP contribution in [0.1, 0.15) is 37.0 Å². The topological polar surface area (TPSA) is 80.9 Å². The molecule has 0 aliphatic carbocycles. The summed E-state index contributed by atoms with van der Waals surface area (Å²) in [4.78, 5) is 44.7. The highest BCUT2D eigenvalue weighted by Gasteiger charge is 2.62. The van der Waals surface area contributed by atoms with Gasteiger partial charge in [-0.1, -0.05) is 105 Å². The van der Waals surface area contributed by atoms with Crippen molar-refractivity contribution in [3.63, 3.8) is 0 Å². The van der Waals surface area contributed by atoms with Crippen LogP contribution in [0.25, 0.3) is 0 Å². The van der Waals surface area contributed by atoms with Gasteiger partial charge in [-0.2, -0.15) is 0 Å². The number of nitrogens with zero attached hydrogens (tertiary/aromatic N) is 3. The molecule has 3 heterocycles. The molecule has 3 aliphatic rings. The van der Waals surface area contributed by atoms with Gasteiger partial charge in [-0.3, -0.25) is 14.5 Å². The molecule has 7 heteroatoms. The quantitative estimate of drug-likeness (QED) is 0.349. The molecule has 2 amide bonds. The summed E-state index contributed by atoms with van der Waals surface area (Å²) in [6, 6.07) is 29.8. The zero-order valence-electron chi connectivity index (χ0n) is 22.9. The van der Waals surface area contributed by atoms with Gasteiger partial charge in [0.1, 0.15) is 12.1 Å². The highest BCUT2D eigenvalue weighted by atomic mass is 16.4. The second-order valence-corrected chi connectivity index (χ2v) is 11.7. The Morgan fingerprint density at radius 2 is 1.32 bits per heavy atom. The van der Waals surface area contributed by atoms with E-state index in [9.17, 15) is 19.5 Å². The predicted octanol–water partition coefficient (Wildman–Crippen LogP) is 3.83. The van der Waals surface area contributed by atoms with Gasteiger partial charge in [0.05, 0.1) is 11.0 Å². The van der Waals surface area contributed by atoms with E-state index in [-0.39, 0.29) is 23.8 Å². The Kier molecular flexibility index (Phi) is 6.50. The molecule has 0 saturated carbocycles. The van der Waals surface area contributed by atoms with Gasteiger partial charge in [-0.15, -0.1) is 0 Å². The molecular formula is C33H35N3O4. The van der Waals surface area contributed by atoms with E-state index in [0.717, 1.165) is 16.7 Å². The van der Waals surface area contributed by atoms with Gasteiger partial charge < -0.3 is 14.9 Å². The van der Waals surface area contributed by atoms with Crippen LogP contribution in [0.15, 0.2) is 91.0 Å². The molecule has 6 rings (SSSR count). The molecule has 3 aliphatic heterocycles. The van der Waals surface area contributed by atoms with Gasteiger partial charge in [0.2, 0.25) is 11.8 Å². The summed E-state index contributed by atoms with van der Waals surface area (Å²) >= 11 is 0. The Morgan fingerprint density at radius 3 is 1.75 bits per heavy atom. The Bertz CT molecular complexity index is 1310. The van der Waals surface area contributed by atoms with Gasteiger partial charge >= 0.3 is 5.97 Å². The number of carbonyl (C=O) groups excluding carboxylic acids is 2. The highest BCUT2D eigenvalue weighted by molar-refractivity contribution is 5.94. The van der Waals surface area contributed by atoms with E-state index < -0.39 is 23.0 Å². The average Bonchev–Trinajstić information content (AvgIpc) is 3.67. The van der Waals surface area contributed by atoms with Crippen molar-refractivity contribution in [3.8, 4) is 0 Å². The van der Waals surface area contributed by atoms with Crippen molar-refractivity contribution in [2.24, 2.45) is 11.3 Å². The van der Waals surface area contributed by atoms with Gasteiger partial charge in [0.15, 0.2) is 0 Å². The molecular weight excluding hydrogens is 502 g/mol. The van der Waals surface area contributed by atoms with Gasteiger partial charge in [0.25, 0.3) is 0 Å². The van der Waals surface area contributed by atoms with Crippen molar-refractivity contribution in [1.82, 2.24) is 14.7 Å². The Balaban J connectivity index is 1.27. The summed E-state index contributed by atoms with van der Waals surface area (Å²) in [6.07, 6.45) is 0.586. The maximum atomic E-state index is 13.9. The lowest BCUT2D eigenvalue weighted by atomic mass is 9.76. The number of carbonyl (C=O) groups is 3. The SMILES string of the molecule is CC(C)C(C(=O)O)N1CCC2(CN(C(=O)C3CN3C(c3ccccc3)(c3ccccc3)c3ccccc3)C2)C1=O. The molecule has 3 fully saturated rings. The molecule has 3 aromatic carbocycles. The number of likely N-dealkylation sites (tertiary alicyclic amines) is 2. The van der Waals surface area contributed by atoms with Crippen LogP contribution in [0.3, 0.4) is 0 Å². The molecule has 206 valence electrons. The van der Waals surface area contributed by atoms with Crippen LogP contribution >= 0.6 is 0 Å². The third-order valence-electron chi connectivity index (χ3n) is 8.97. The van der Waals surface area contributed by atoms with E-state index in [0.29, 0.717) is 32.6 Å². The summed E-state index contributed by atoms with van der Waals surface area (Å²) in [5.41, 5.74) is 1.99. The highest BCUT2D eigenvalue weighted by Crippen LogP contribution is 2.50. The number of hydrogen-bond acceptors (Lipinski definition) is 4. The maximum Gasteiger partial charge on any atom is 0.326 e. The number of aliphatic carboxylic acids is 1. The number of hydrogen-bond donors (Lipinski definition) is 1. The fourth-order valence-electron chi connectivity index (χ4n) is 6.99. The minimum atomic E-state index is -0.972. The molecule has 1 N–H and O–H groups in total. The van der Waals surface area contributed by atoms with Crippen molar-refractivity contribution >= 4 is 17.8 Å². The lowest BCUT2D eigenvalue weighted by Crippen LogP contribution is -2.63. The van der Waals surface area contributed by atoms with E-state index in [1.165, 1.54) is 4.90 Å². The second-order valence-electron chi connectivity index (χ2n) is 11.7. The summed E-state index contributed by atoms with van der Waals surface area (Å²) in [5.74, 6) is -1.25. The number of benzene rings is 3. The molecule has 1 spiro atoms. The smallest absolute Gasteiger partial charge is 0.326 e. The monoisotopic (exact) mass is 537 g/mol. The molecule has 3 atom stereocenters. The van der Waals surface area contributed by atoms with Crippen LogP contribution in [0.5, 0.6) is 0 Å². The molecule has 3 aromatic rings. The van der Waals surface area contributed by atoms with Crippen molar-refractivity contribution in [2.45, 2.75) is 37.9 Å². The zero-order valence-corrected chi connectivity index (χ0v) is 22.9. The van der Waals surface area contributed by atoms with E-state index in [1.54, 1.807) is 4.90 Å². The average molecular weight is 538 g/mol. The van der Waals surface area contributed by atoms with Crippen LogP contribution in [0.2, 0.25) is 0 Å². The summed E-state index contributed by atoms with van der Waals surface area (Å²) in [6.45, 7) is 5.39. The van der Waals surface area contributed by atoms with Gasteiger partial charge in [-0.25, -0.2) is 4.79 Å². The number of carboxylic acids is 1. The Morgan fingerprint density at radius 1 is 0.850 bits per heavy atom. The first kappa shape index (κ1) is 26.3. The number of rotatable bonds is 8. The Labute approximate surface area is 235 Å². The summed E-state index contributed by atoms with van der Waals surface area (Å²) < 4.78 is 0. The van der Waals surface area contributed by atoms with Crippen LogP contribution in [-0.4, -0.2) is 75.9 Å². The Hall–Kier alpha value is -3.97. The molecule has 7 nitrogen and oxygen atoms in total. The lowest BCUT2D eigenvalue weighted by molar-refractivity contribution is -0.160. The normalized spacial score (nSPS) is 22.3.